The number of urea groups is 1. The molecule has 142 valence electrons. The maximum Gasteiger partial charge on any atom is 0.320 e. The third-order valence-corrected chi connectivity index (χ3v) is 5.12. The van der Waals surface area contributed by atoms with Crippen LogP contribution < -0.4 is 15.4 Å². The Labute approximate surface area is 160 Å². The number of nitriles is 1. The summed E-state index contributed by atoms with van der Waals surface area (Å²) in [5, 5.41) is 14.2. The van der Waals surface area contributed by atoms with E-state index in [1.807, 2.05) is 6.07 Å². The smallest absolute Gasteiger partial charge is 0.320 e. The number of benzene rings is 1. The average molecular weight is 380 g/mol. The highest BCUT2D eigenvalue weighted by atomic mass is 19.1. The minimum atomic E-state index is -0.473. The number of hydrogen-bond acceptors (Lipinski definition) is 5. The van der Waals surface area contributed by atoms with E-state index < -0.39 is 11.8 Å². The van der Waals surface area contributed by atoms with Gasteiger partial charge in [-0.1, -0.05) is 6.92 Å². The summed E-state index contributed by atoms with van der Waals surface area (Å²) in [5.41, 5.74) is 1.13. The van der Waals surface area contributed by atoms with Crippen LogP contribution in [0.25, 0.3) is 0 Å². The number of halogens is 1. The van der Waals surface area contributed by atoms with Crippen molar-refractivity contribution in [2.45, 2.75) is 25.3 Å². The lowest BCUT2D eigenvalue weighted by atomic mass is 9.98. The van der Waals surface area contributed by atoms with Crippen LogP contribution >= 0.6 is 0 Å². The van der Waals surface area contributed by atoms with Crippen LogP contribution in [0.2, 0.25) is 0 Å². The molecule has 0 bridgehead atoms. The van der Waals surface area contributed by atoms with E-state index in [1.54, 1.807) is 13.0 Å². The number of aromatic nitrogens is 1. The van der Waals surface area contributed by atoms with E-state index in [1.165, 1.54) is 24.4 Å². The second-order valence-corrected chi connectivity index (χ2v) is 6.78. The van der Waals surface area contributed by atoms with Crippen LogP contribution in [0.5, 0.6) is 5.75 Å². The lowest BCUT2D eigenvalue weighted by molar-refractivity contribution is 0.0983. The van der Waals surface area contributed by atoms with Gasteiger partial charge in [-0.15, -0.1) is 0 Å². The van der Waals surface area contributed by atoms with Gasteiger partial charge < -0.3 is 10.1 Å². The Bertz CT molecular complexity index is 1000. The summed E-state index contributed by atoms with van der Waals surface area (Å²) >= 11 is 0. The Hall–Kier alpha value is -3.47. The summed E-state index contributed by atoms with van der Waals surface area (Å²) in [6.07, 6.45) is 1.66. The predicted octanol–water partition coefficient (Wildman–Crippen LogP) is 2.98. The van der Waals surface area contributed by atoms with Gasteiger partial charge in [-0.2, -0.15) is 5.26 Å². The fraction of sp³-hybridized carbons (Fsp3) is 0.300. The predicted molar refractivity (Wildman–Crippen MR) is 97.6 cm³/mol. The number of ketones is 1. The Kier molecular flexibility index (Phi) is 4.43. The molecule has 2 heterocycles. The van der Waals surface area contributed by atoms with Crippen LogP contribution in [0.1, 0.15) is 40.7 Å². The molecule has 28 heavy (non-hydrogen) atoms. The number of pyridine rings is 1. The second kappa shape index (κ2) is 6.93. The number of nitrogens with zero attached hydrogens (tertiary/aromatic N) is 2. The van der Waals surface area contributed by atoms with Crippen molar-refractivity contribution in [2.75, 3.05) is 11.9 Å². The van der Waals surface area contributed by atoms with Crippen LogP contribution in [0.15, 0.2) is 30.5 Å². The quantitative estimate of drug-likeness (QED) is 0.794. The number of rotatable bonds is 4. The van der Waals surface area contributed by atoms with Gasteiger partial charge in [0, 0.05) is 36.1 Å². The molecule has 1 saturated carbocycles. The van der Waals surface area contributed by atoms with Gasteiger partial charge in [0.1, 0.15) is 23.5 Å². The summed E-state index contributed by atoms with van der Waals surface area (Å²) in [7, 11) is 0. The normalized spacial score (nSPS) is 21.4. The van der Waals surface area contributed by atoms with Gasteiger partial charge in [0.2, 0.25) is 0 Å². The van der Waals surface area contributed by atoms with Crippen LogP contribution in [0, 0.1) is 23.1 Å². The van der Waals surface area contributed by atoms with Crippen LogP contribution in [0.3, 0.4) is 0 Å². The van der Waals surface area contributed by atoms with Crippen molar-refractivity contribution in [3.8, 4) is 11.8 Å². The van der Waals surface area contributed by atoms with E-state index in [9.17, 15) is 14.0 Å². The maximum absolute atomic E-state index is 14.5. The van der Waals surface area contributed by atoms with Crippen molar-refractivity contribution in [1.29, 1.82) is 5.26 Å². The van der Waals surface area contributed by atoms with Gasteiger partial charge in [-0.05, 0) is 24.3 Å². The number of hydrogen-bond donors (Lipinski definition) is 2. The molecule has 4 rings (SSSR count). The zero-order valence-corrected chi connectivity index (χ0v) is 15.0. The second-order valence-electron chi connectivity index (χ2n) is 6.78. The number of ether oxygens (including phenoxy) is 1. The molecule has 0 spiro atoms. The van der Waals surface area contributed by atoms with Crippen molar-refractivity contribution < 1.29 is 18.7 Å². The first-order chi connectivity index (χ1) is 13.5. The monoisotopic (exact) mass is 380 g/mol. The number of fused-ring (bicyclic) bond motifs is 3. The number of Topliss-reactive ketones (excluding diaryl/α,β-unsaturated/α-hetero) is 1. The molecule has 2 aromatic rings. The lowest BCUT2D eigenvalue weighted by Crippen LogP contribution is -2.32. The molecule has 0 saturated heterocycles. The third kappa shape index (κ3) is 3.05. The molecule has 8 heteroatoms. The highest BCUT2D eigenvalue weighted by Gasteiger charge is 2.57. The van der Waals surface area contributed by atoms with Gasteiger partial charge in [0.15, 0.2) is 5.78 Å². The Morgan fingerprint density at radius 1 is 1.36 bits per heavy atom. The molecular formula is C20H17FN4O3. The molecule has 1 fully saturated rings. The van der Waals surface area contributed by atoms with Crippen molar-refractivity contribution in [1.82, 2.24) is 10.3 Å². The molecule has 1 aliphatic heterocycles. The highest BCUT2D eigenvalue weighted by molar-refractivity contribution is 5.99. The first-order valence-electron chi connectivity index (χ1n) is 8.95. The molecule has 2 N–H and O–H groups in total. The number of amides is 2. The van der Waals surface area contributed by atoms with Gasteiger partial charge in [-0.25, -0.2) is 14.2 Å². The van der Waals surface area contributed by atoms with Gasteiger partial charge in [0.25, 0.3) is 0 Å². The maximum atomic E-state index is 14.5. The Morgan fingerprint density at radius 3 is 2.86 bits per heavy atom. The highest BCUT2D eigenvalue weighted by Crippen LogP contribution is 2.55. The topological polar surface area (TPSA) is 104 Å². The average Bonchev–Trinajstić information content (AvgIpc) is 3.40. The fourth-order valence-electron chi connectivity index (χ4n) is 3.64. The van der Waals surface area contributed by atoms with Gasteiger partial charge in [-0.3, -0.25) is 10.1 Å². The van der Waals surface area contributed by atoms with Crippen molar-refractivity contribution in [2.24, 2.45) is 5.92 Å². The van der Waals surface area contributed by atoms with Crippen LogP contribution in [0.4, 0.5) is 15.0 Å². The van der Waals surface area contributed by atoms with E-state index in [4.69, 9.17) is 10.00 Å². The van der Waals surface area contributed by atoms with E-state index in [0.29, 0.717) is 41.3 Å². The summed E-state index contributed by atoms with van der Waals surface area (Å²) < 4.78 is 20.2. The zero-order chi connectivity index (χ0) is 19.8. The molecule has 7 nitrogen and oxygen atoms in total. The molecule has 2 aliphatic rings. The molecule has 1 aromatic heterocycles. The summed E-state index contributed by atoms with van der Waals surface area (Å²) in [6, 6.07) is 6.99. The SMILES string of the molecule is CCC(=O)c1ccc(F)c2c1OC[C@@H]1C(NC(=O)Nc3ccc(C#N)cn3)[C@H]21. The molecule has 0 radical (unpaired) electrons. The van der Waals surface area contributed by atoms with Crippen molar-refractivity contribution in [3.05, 3.63) is 53.0 Å². The van der Waals surface area contributed by atoms with Crippen LogP contribution in [-0.4, -0.2) is 29.4 Å². The van der Waals surface area contributed by atoms with Crippen molar-refractivity contribution in [3.63, 3.8) is 0 Å². The van der Waals surface area contributed by atoms with Crippen molar-refractivity contribution >= 4 is 17.6 Å². The molecule has 2 amide bonds. The molecule has 1 aromatic carbocycles. The minimum Gasteiger partial charge on any atom is -0.492 e. The Balaban J connectivity index is 1.49. The van der Waals surface area contributed by atoms with E-state index in [0.717, 1.165) is 0 Å². The molecule has 1 unspecified atom stereocenters. The fourth-order valence-corrected chi connectivity index (χ4v) is 3.64. The van der Waals surface area contributed by atoms with E-state index in [-0.39, 0.29) is 23.7 Å². The first kappa shape index (κ1) is 17.9. The largest absolute Gasteiger partial charge is 0.492 e. The van der Waals surface area contributed by atoms with Crippen LogP contribution in [-0.2, 0) is 0 Å². The number of anilines is 1. The van der Waals surface area contributed by atoms with Gasteiger partial charge in [0.05, 0.1) is 17.7 Å². The van der Waals surface area contributed by atoms with Gasteiger partial charge >= 0.3 is 6.03 Å². The number of nitrogens with one attached hydrogen (secondary N) is 2. The lowest BCUT2D eigenvalue weighted by Gasteiger charge is -2.19. The standard InChI is InChI=1S/C20H17FN4O3/c1-2-14(26)11-4-5-13(21)17-16-12(9-28-19(11)17)18(16)25-20(27)24-15-6-3-10(7-22)8-23-15/h3-6,8,12,16,18H,2,9H2,1H3,(H2,23,24,25,27)/t12-,16-,18?/m0/s1. The summed E-state index contributed by atoms with van der Waals surface area (Å²) in [5.74, 6) is -0.215. The van der Waals surface area contributed by atoms with E-state index in [2.05, 4.69) is 15.6 Å². The number of carbonyl (C=O) groups excluding carboxylic acids is 2. The third-order valence-electron chi connectivity index (χ3n) is 5.12. The summed E-state index contributed by atoms with van der Waals surface area (Å²) in [6.45, 7) is 2.05. The number of carbonyl (C=O) groups is 2. The minimum absolute atomic E-state index is 0.0475. The summed E-state index contributed by atoms with van der Waals surface area (Å²) in [4.78, 5) is 28.4. The zero-order valence-electron chi connectivity index (χ0n) is 15.0. The molecule has 3 atom stereocenters. The Morgan fingerprint density at radius 2 is 2.18 bits per heavy atom. The molecular weight excluding hydrogens is 363 g/mol. The molecule has 1 aliphatic carbocycles. The van der Waals surface area contributed by atoms with E-state index >= 15 is 0 Å². The first-order valence-corrected chi connectivity index (χ1v) is 8.95.